The molecule has 0 atom stereocenters. The van der Waals surface area contributed by atoms with E-state index in [2.05, 4.69) is 9.97 Å². The van der Waals surface area contributed by atoms with E-state index in [1.165, 1.54) is 24.9 Å². The minimum Gasteiger partial charge on any atom is -0.465 e. The van der Waals surface area contributed by atoms with Crippen molar-refractivity contribution in [3.05, 3.63) is 47.0 Å². The molecule has 2 aromatic rings. The van der Waals surface area contributed by atoms with Crippen LogP contribution >= 0.6 is 0 Å². The highest BCUT2D eigenvalue weighted by molar-refractivity contribution is 5.93. The van der Waals surface area contributed by atoms with Crippen LogP contribution in [0.3, 0.4) is 0 Å². The summed E-state index contributed by atoms with van der Waals surface area (Å²) in [4.78, 5) is 22.0. The molecular formula is C17H18F3N7O2. The number of halogens is 3. The lowest BCUT2D eigenvalue weighted by molar-refractivity contribution is 0.203. The summed E-state index contributed by atoms with van der Waals surface area (Å²) in [5, 5.41) is 9.06. The average Bonchev–Trinajstić information content (AvgIpc) is 3.01. The summed E-state index contributed by atoms with van der Waals surface area (Å²) in [5.41, 5.74) is 11.5. The third-order valence-corrected chi connectivity index (χ3v) is 4.40. The summed E-state index contributed by atoms with van der Waals surface area (Å²) in [6, 6.07) is 2.46. The zero-order valence-electron chi connectivity index (χ0n) is 15.5. The predicted molar refractivity (Wildman–Crippen MR) is 100 cm³/mol. The third-order valence-electron chi connectivity index (χ3n) is 4.40. The first kappa shape index (κ1) is 20.0. The third kappa shape index (κ3) is 3.68. The van der Waals surface area contributed by atoms with Crippen molar-refractivity contribution in [1.29, 1.82) is 0 Å². The molecule has 12 heteroatoms. The second kappa shape index (κ2) is 7.37. The van der Waals surface area contributed by atoms with Crippen LogP contribution in [0, 0.1) is 18.6 Å². The van der Waals surface area contributed by atoms with Gasteiger partial charge in [0.15, 0.2) is 11.6 Å². The van der Waals surface area contributed by atoms with E-state index >= 15 is 0 Å². The molecule has 1 amide bonds. The van der Waals surface area contributed by atoms with E-state index < -0.39 is 23.7 Å². The molecule has 1 aromatic heterocycles. The molecule has 1 aliphatic heterocycles. The number of rotatable bonds is 4. The van der Waals surface area contributed by atoms with Gasteiger partial charge in [0.05, 0.1) is 12.7 Å². The molecule has 0 radical (unpaired) electrons. The van der Waals surface area contributed by atoms with E-state index in [0.717, 1.165) is 22.1 Å². The lowest BCUT2D eigenvalue weighted by atomic mass is 10.1. The number of benzene rings is 1. The summed E-state index contributed by atoms with van der Waals surface area (Å²) in [5.74, 6) is -2.99. The van der Waals surface area contributed by atoms with E-state index in [-0.39, 0.29) is 47.6 Å². The second-order valence-electron chi connectivity index (χ2n) is 6.41. The van der Waals surface area contributed by atoms with Crippen LogP contribution < -0.4 is 21.3 Å². The number of hydrogen-bond donors (Lipinski definition) is 3. The zero-order valence-corrected chi connectivity index (χ0v) is 15.5. The van der Waals surface area contributed by atoms with Gasteiger partial charge in [-0.15, -0.1) is 0 Å². The van der Waals surface area contributed by atoms with Gasteiger partial charge in [0.2, 0.25) is 11.9 Å². The van der Waals surface area contributed by atoms with E-state index in [4.69, 9.17) is 16.6 Å². The Kier molecular flexibility index (Phi) is 5.10. The number of aromatic nitrogens is 2. The van der Waals surface area contributed by atoms with Gasteiger partial charge in [-0.05, 0) is 18.6 Å². The molecule has 29 heavy (non-hydrogen) atoms. The summed E-state index contributed by atoms with van der Waals surface area (Å²) < 4.78 is 42.7. The Morgan fingerprint density at radius 2 is 1.86 bits per heavy atom. The van der Waals surface area contributed by atoms with Crippen molar-refractivity contribution >= 4 is 29.4 Å². The van der Waals surface area contributed by atoms with Gasteiger partial charge < -0.3 is 21.5 Å². The van der Waals surface area contributed by atoms with Crippen LogP contribution in [0.2, 0.25) is 0 Å². The Labute approximate surface area is 163 Å². The number of nitrogen functional groups attached to an aromatic ring is 2. The van der Waals surface area contributed by atoms with Crippen LogP contribution in [-0.4, -0.2) is 39.8 Å². The molecular weight excluding hydrogens is 391 g/mol. The number of carbonyl (C=O) groups is 1. The highest BCUT2D eigenvalue weighted by Crippen LogP contribution is 2.32. The first-order valence-electron chi connectivity index (χ1n) is 8.32. The first-order valence-corrected chi connectivity index (χ1v) is 8.32. The minimum absolute atomic E-state index is 0.134. The number of anilines is 4. The molecule has 9 nitrogen and oxygen atoms in total. The lowest BCUT2D eigenvalue weighted by Crippen LogP contribution is -2.30. The predicted octanol–water partition coefficient (Wildman–Crippen LogP) is 2.39. The summed E-state index contributed by atoms with van der Waals surface area (Å²) in [6.45, 7) is 1.11. The van der Waals surface area contributed by atoms with E-state index in [9.17, 15) is 18.0 Å². The van der Waals surface area contributed by atoms with Crippen LogP contribution in [0.1, 0.15) is 11.1 Å². The second-order valence-corrected chi connectivity index (χ2v) is 6.41. The summed E-state index contributed by atoms with van der Waals surface area (Å²) in [6.07, 6.45) is -0.283. The van der Waals surface area contributed by atoms with Crippen LogP contribution in [0.5, 0.6) is 0 Å². The fourth-order valence-electron chi connectivity index (χ4n) is 2.87. The van der Waals surface area contributed by atoms with Gasteiger partial charge >= 0.3 is 6.09 Å². The Hall–Kier alpha value is -3.70. The van der Waals surface area contributed by atoms with Crippen LogP contribution in [0.25, 0.3) is 0 Å². The molecule has 0 saturated heterocycles. The largest absolute Gasteiger partial charge is 0.465 e. The van der Waals surface area contributed by atoms with Crippen molar-refractivity contribution in [2.75, 3.05) is 35.0 Å². The van der Waals surface area contributed by atoms with Crippen molar-refractivity contribution in [2.45, 2.75) is 13.5 Å². The Morgan fingerprint density at radius 1 is 1.24 bits per heavy atom. The monoisotopic (exact) mass is 409 g/mol. The molecule has 0 unspecified atom stereocenters. The molecule has 0 spiro atoms. The first-order chi connectivity index (χ1) is 13.6. The average molecular weight is 409 g/mol. The number of nitrogens with two attached hydrogens (primary N) is 2. The maximum Gasteiger partial charge on any atom is 0.411 e. The lowest BCUT2D eigenvalue weighted by Gasteiger charge is -2.22. The van der Waals surface area contributed by atoms with Gasteiger partial charge in [0.1, 0.15) is 24.0 Å². The fourth-order valence-corrected chi connectivity index (χ4v) is 2.87. The topological polar surface area (TPSA) is 125 Å². The van der Waals surface area contributed by atoms with Crippen molar-refractivity contribution in [2.24, 2.45) is 0 Å². The molecule has 1 aromatic carbocycles. The smallest absolute Gasteiger partial charge is 0.411 e. The van der Waals surface area contributed by atoms with E-state index in [1.807, 2.05) is 0 Å². The highest BCUT2D eigenvalue weighted by atomic mass is 19.1. The van der Waals surface area contributed by atoms with Gasteiger partial charge in [-0.25, -0.2) is 13.6 Å². The van der Waals surface area contributed by atoms with E-state index in [1.54, 1.807) is 0 Å². The highest BCUT2D eigenvalue weighted by Gasteiger charge is 2.28. The molecule has 1 aliphatic rings. The molecule has 0 fully saturated rings. The summed E-state index contributed by atoms with van der Waals surface area (Å²) in [7, 11) is 1.20. The van der Waals surface area contributed by atoms with Crippen molar-refractivity contribution < 1.29 is 23.1 Å². The van der Waals surface area contributed by atoms with Crippen LogP contribution in [-0.2, 0) is 6.54 Å². The van der Waals surface area contributed by atoms with Gasteiger partial charge in [-0.2, -0.15) is 14.4 Å². The standard InChI is InChI=1S/C17H18F3N7O2/c1-8-3-4-10(18)9(12(8)20)5-26-6-11(19)27(7-26)16-23-14(21)13(15(22)24-16)25(2)17(28)29/h3-4,6H,5,7H2,1-2H3,(H,28,29)(H4,21,22,23,24). The Bertz CT molecular complexity index is 992. The number of hydrogen-bond acceptors (Lipinski definition) is 7. The van der Waals surface area contributed by atoms with Gasteiger partial charge in [0, 0.05) is 12.6 Å². The molecule has 3 rings (SSSR count). The van der Waals surface area contributed by atoms with Gasteiger partial charge in [-0.3, -0.25) is 9.80 Å². The maximum atomic E-state index is 14.4. The van der Waals surface area contributed by atoms with Gasteiger partial charge in [-0.1, -0.05) is 6.07 Å². The molecule has 0 aliphatic carbocycles. The quantitative estimate of drug-likeness (QED) is 0.658. The Morgan fingerprint density at radius 3 is 2.45 bits per heavy atom. The Balaban J connectivity index is 1.85. The zero-order chi connectivity index (χ0) is 21.5. The van der Waals surface area contributed by atoms with E-state index in [0.29, 0.717) is 0 Å². The number of amides is 1. The van der Waals surface area contributed by atoms with Crippen molar-refractivity contribution in [1.82, 2.24) is 14.9 Å². The maximum absolute atomic E-state index is 14.4. The summed E-state index contributed by atoms with van der Waals surface area (Å²) >= 11 is 0. The van der Waals surface area contributed by atoms with Crippen LogP contribution in [0.4, 0.5) is 41.2 Å². The molecule has 0 bridgehead atoms. The minimum atomic E-state index is -1.33. The SMILES string of the molecule is Cc1ccc(F)c(CN2C=C(F)N(c3nc(N)c(N(C)C(=O)O)c(N)n3)C2)c1F. The van der Waals surface area contributed by atoms with Crippen LogP contribution in [0.15, 0.2) is 24.3 Å². The molecule has 2 heterocycles. The number of aryl methyl sites for hydroxylation is 1. The fraction of sp³-hybridized carbons (Fsp3) is 0.235. The van der Waals surface area contributed by atoms with Crippen molar-refractivity contribution in [3.63, 3.8) is 0 Å². The molecule has 154 valence electrons. The molecule has 0 saturated carbocycles. The van der Waals surface area contributed by atoms with Gasteiger partial charge in [0.25, 0.3) is 0 Å². The van der Waals surface area contributed by atoms with Crippen molar-refractivity contribution in [3.8, 4) is 0 Å². The number of nitrogens with zero attached hydrogens (tertiary/aromatic N) is 5. The number of carboxylic acid groups (broad SMARTS) is 1. The molecule has 5 N–H and O–H groups in total. The normalized spacial score (nSPS) is 13.6.